The first-order valence-corrected chi connectivity index (χ1v) is 10.2. The summed E-state index contributed by atoms with van der Waals surface area (Å²) in [6, 6.07) is 8.14. The molecule has 0 radical (unpaired) electrons. The number of urea groups is 1. The number of amides is 2. The third-order valence-corrected chi connectivity index (χ3v) is 5.28. The highest BCUT2D eigenvalue weighted by atomic mass is 16.2. The molecule has 2 heterocycles. The van der Waals surface area contributed by atoms with Crippen molar-refractivity contribution in [3.63, 3.8) is 0 Å². The predicted octanol–water partition coefficient (Wildman–Crippen LogP) is 4.51. The van der Waals surface area contributed by atoms with Gasteiger partial charge in [0.05, 0.1) is 0 Å². The molecule has 0 aliphatic carbocycles. The topological polar surface area (TPSA) is 70.2 Å². The highest BCUT2D eigenvalue weighted by Crippen LogP contribution is 2.32. The number of aromatic nitrogens is 2. The summed E-state index contributed by atoms with van der Waals surface area (Å²) in [6.07, 6.45) is 5.29. The van der Waals surface area contributed by atoms with E-state index in [0.717, 1.165) is 37.6 Å². The fourth-order valence-corrected chi connectivity index (χ4v) is 3.71. The molecule has 6 nitrogen and oxygen atoms in total. The van der Waals surface area contributed by atoms with Crippen molar-refractivity contribution in [3.8, 4) is 0 Å². The smallest absolute Gasteiger partial charge is 0.319 e. The summed E-state index contributed by atoms with van der Waals surface area (Å²) in [5.41, 5.74) is 3.31. The number of rotatable bonds is 5. The van der Waals surface area contributed by atoms with Crippen molar-refractivity contribution in [2.24, 2.45) is 0 Å². The van der Waals surface area contributed by atoms with Gasteiger partial charge in [0, 0.05) is 37.2 Å². The van der Waals surface area contributed by atoms with E-state index in [9.17, 15) is 4.79 Å². The van der Waals surface area contributed by atoms with Gasteiger partial charge in [-0.2, -0.15) is 0 Å². The fourth-order valence-electron chi connectivity index (χ4n) is 3.71. The van der Waals surface area contributed by atoms with E-state index in [2.05, 4.69) is 71.4 Å². The molecule has 1 aromatic heterocycles. The lowest BCUT2D eigenvalue weighted by Crippen LogP contribution is -2.46. The summed E-state index contributed by atoms with van der Waals surface area (Å²) in [5, 5.41) is 6.30. The molecule has 6 heteroatoms. The van der Waals surface area contributed by atoms with Gasteiger partial charge in [-0.1, -0.05) is 45.9 Å². The molecule has 150 valence electrons. The molecule has 0 saturated carbocycles. The lowest BCUT2D eigenvalue weighted by atomic mass is 9.93. The zero-order chi connectivity index (χ0) is 20.1. The number of benzene rings is 1. The number of nitrogens with one attached hydrogen (secondary N) is 2. The minimum absolute atomic E-state index is 0.121. The van der Waals surface area contributed by atoms with Crippen LogP contribution in [-0.4, -0.2) is 35.1 Å². The van der Waals surface area contributed by atoms with E-state index < -0.39 is 0 Å². The summed E-state index contributed by atoms with van der Waals surface area (Å²) in [5.74, 6) is 1.46. The minimum atomic E-state index is -0.121. The Morgan fingerprint density at radius 2 is 1.57 bits per heavy atom. The number of nitrogens with zero attached hydrogens (tertiary/aromatic N) is 3. The third-order valence-electron chi connectivity index (χ3n) is 5.28. The van der Waals surface area contributed by atoms with Crippen LogP contribution in [0.15, 0.2) is 36.7 Å². The van der Waals surface area contributed by atoms with Gasteiger partial charge < -0.3 is 15.5 Å². The summed E-state index contributed by atoms with van der Waals surface area (Å²) in [4.78, 5) is 23.5. The quantitative estimate of drug-likeness (QED) is 0.799. The van der Waals surface area contributed by atoms with Gasteiger partial charge in [0.2, 0.25) is 5.95 Å². The van der Waals surface area contributed by atoms with E-state index in [1.807, 2.05) is 6.07 Å². The Hall–Kier alpha value is -2.63. The minimum Gasteiger partial charge on any atom is -0.341 e. The van der Waals surface area contributed by atoms with Gasteiger partial charge in [-0.05, 0) is 41.9 Å². The van der Waals surface area contributed by atoms with Gasteiger partial charge in [0.25, 0.3) is 0 Å². The van der Waals surface area contributed by atoms with Gasteiger partial charge in [-0.25, -0.2) is 14.8 Å². The highest BCUT2D eigenvalue weighted by Gasteiger charge is 2.23. The van der Waals surface area contributed by atoms with Crippen LogP contribution < -0.4 is 15.5 Å². The molecule has 1 aliphatic heterocycles. The van der Waals surface area contributed by atoms with Crippen LogP contribution in [0.25, 0.3) is 0 Å². The molecule has 3 rings (SSSR count). The third kappa shape index (κ3) is 4.80. The number of hydrogen-bond acceptors (Lipinski definition) is 4. The molecule has 1 fully saturated rings. The maximum atomic E-state index is 12.7. The Labute approximate surface area is 167 Å². The Kier molecular flexibility index (Phi) is 6.49. The summed E-state index contributed by atoms with van der Waals surface area (Å²) in [7, 11) is 0. The maximum absolute atomic E-state index is 12.7. The lowest BCUT2D eigenvalue weighted by molar-refractivity contribution is 0.246. The van der Waals surface area contributed by atoms with Crippen molar-refractivity contribution in [2.75, 3.05) is 23.3 Å². The van der Waals surface area contributed by atoms with Gasteiger partial charge in [0.15, 0.2) is 0 Å². The second-order valence-electron chi connectivity index (χ2n) is 8.03. The highest BCUT2D eigenvalue weighted by molar-refractivity contribution is 5.91. The van der Waals surface area contributed by atoms with Crippen LogP contribution >= 0.6 is 0 Å². The predicted molar refractivity (Wildman–Crippen MR) is 114 cm³/mol. The second-order valence-corrected chi connectivity index (χ2v) is 8.03. The van der Waals surface area contributed by atoms with Crippen LogP contribution in [0, 0.1) is 0 Å². The first-order valence-electron chi connectivity index (χ1n) is 10.2. The SMILES string of the molecule is CC(C)c1cccc(C(C)C)c1NC(=O)NC1CCN(c2ncccn2)CC1. The van der Waals surface area contributed by atoms with E-state index in [-0.39, 0.29) is 12.1 Å². The van der Waals surface area contributed by atoms with Crippen LogP contribution in [0.5, 0.6) is 0 Å². The Morgan fingerprint density at radius 3 is 2.11 bits per heavy atom. The first-order chi connectivity index (χ1) is 13.5. The second kappa shape index (κ2) is 9.04. The number of anilines is 2. The van der Waals surface area contributed by atoms with Crippen LogP contribution in [0.2, 0.25) is 0 Å². The van der Waals surface area contributed by atoms with Crippen LogP contribution in [0.1, 0.15) is 63.5 Å². The molecule has 0 spiro atoms. The molecule has 2 aromatic rings. The summed E-state index contributed by atoms with van der Waals surface area (Å²) >= 11 is 0. The van der Waals surface area contributed by atoms with Crippen molar-refractivity contribution < 1.29 is 4.79 Å². The van der Waals surface area contributed by atoms with Gasteiger partial charge in [0.1, 0.15) is 0 Å². The molecule has 1 aliphatic rings. The number of hydrogen-bond donors (Lipinski definition) is 2. The standard InChI is InChI=1S/C22H31N5O/c1-15(2)18-7-5-8-19(16(3)4)20(18)26-22(28)25-17-9-13-27(14-10-17)21-23-11-6-12-24-21/h5-8,11-12,15-17H,9-10,13-14H2,1-4H3,(H2,25,26,28). The number of piperidine rings is 1. The average molecular weight is 382 g/mol. The summed E-state index contributed by atoms with van der Waals surface area (Å²) in [6.45, 7) is 10.3. The van der Waals surface area contributed by atoms with E-state index >= 15 is 0 Å². The molecule has 0 unspecified atom stereocenters. The molecule has 1 aromatic carbocycles. The lowest BCUT2D eigenvalue weighted by Gasteiger charge is -2.32. The number of carbonyl (C=O) groups excluding carboxylic acids is 1. The molecular weight excluding hydrogens is 350 g/mol. The average Bonchev–Trinajstić information content (AvgIpc) is 2.69. The number of para-hydroxylation sites is 1. The van der Waals surface area contributed by atoms with Gasteiger partial charge >= 0.3 is 6.03 Å². The Balaban J connectivity index is 1.61. The van der Waals surface area contributed by atoms with Crippen molar-refractivity contribution in [3.05, 3.63) is 47.8 Å². The molecule has 0 atom stereocenters. The fraction of sp³-hybridized carbons (Fsp3) is 0.500. The van der Waals surface area contributed by atoms with E-state index in [1.165, 1.54) is 11.1 Å². The normalized spacial score (nSPS) is 15.1. The van der Waals surface area contributed by atoms with E-state index in [4.69, 9.17) is 0 Å². The van der Waals surface area contributed by atoms with Gasteiger partial charge in [-0.15, -0.1) is 0 Å². The Morgan fingerprint density at radius 1 is 1.00 bits per heavy atom. The van der Waals surface area contributed by atoms with Crippen molar-refractivity contribution in [1.82, 2.24) is 15.3 Å². The molecule has 28 heavy (non-hydrogen) atoms. The largest absolute Gasteiger partial charge is 0.341 e. The zero-order valence-electron chi connectivity index (χ0n) is 17.3. The first kappa shape index (κ1) is 20.1. The zero-order valence-corrected chi connectivity index (χ0v) is 17.3. The maximum Gasteiger partial charge on any atom is 0.319 e. The summed E-state index contributed by atoms with van der Waals surface area (Å²) < 4.78 is 0. The van der Waals surface area contributed by atoms with Crippen molar-refractivity contribution >= 4 is 17.7 Å². The van der Waals surface area contributed by atoms with Crippen molar-refractivity contribution in [1.29, 1.82) is 0 Å². The molecule has 2 N–H and O–H groups in total. The van der Waals surface area contributed by atoms with Crippen molar-refractivity contribution in [2.45, 2.75) is 58.4 Å². The molecule has 2 amide bonds. The van der Waals surface area contributed by atoms with Crippen LogP contribution in [0.3, 0.4) is 0 Å². The van der Waals surface area contributed by atoms with Gasteiger partial charge in [-0.3, -0.25) is 0 Å². The Bertz CT molecular complexity index is 757. The molecule has 0 bridgehead atoms. The van der Waals surface area contributed by atoms with Crippen LogP contribution in [-0.2, 0) is 0 Å². The number of carbonyl (C=O) groups is 1. The van der Waals surface area contributed by atoms with Crippen LogP contribution in [0.4, 0.5) is 16.4 Å². The molecule has 1 saturated heterocycles. The van der Waals surface area contributed by atoms with E-state index in [1.54, 1.807) is 12.4 Å². The molecular formula is C22H31N5O. The monoisotopic (exact) mass is 381 g/mol. The van der Waals surface area contributed by atoms with E-state index in [0.29, 0.717) is 11.8 Å².